The number of hydrogen-bond acceptors (Lipinski definition) is 2. The van der Waals surface area contributed by atoms with Crippen LogP contribution < -0.4 is 4.90 Å². The molecule has 1 aromatic carbocycles. The molecule has 3 heteroatoms. The van der Waals surface area contributed by atoms with Gasteiger partial charge in [-0.1, -0.05) is 24.4 Å². The number of rotatable bonds is 2. The van der Waals surface area contributed by atoms with E-state index in [1.165, 1.54) is 38.5 Å². The van der Waals surface area contributed by atoms with Gasteiger partial charge in [-0.05, 0) is 49.8 Å². The molecule has 0 spiro atoms. The minimum atomic E-state index is 0.627. The van der Waals surface area contributed by atoms with Gasteiger partial charge in [0.2, 0.25) is 0 Å². The van der Waals surface area contributed by atoms with Crippen LogP contribution >= 0.6 is 11.6 Å². The van der Waals surface area contributed by atoms with Crippen LogP contribution in [0.15, 0.2) is 18.2 Å². The van der Waals surface area contributed by atoms with Crippen molar-refractivity contribution in [1.29, 1.82) is 0 Å². The smallest absolute Gasteiger partial charge is 0.152 e. The monoisotopic (exact) mass is 277 g/mol. The van der Waals surface area contributed by atoms with Gasteiger partial charge in [0.25, 0.3) is 0 Å². The minimum absolute atomic E-state index is 0.627. The summed E-state index contributed by atoms with van der Waals surface area (Å²) >= 11 is 5.99. The lowest BCUT2D eigenvalue weighted by Gasteiger charge is -2.45. The topological polar surface area (TPSA) is 20.3 Å². The van der Waals surface area contributed by atoms with Crippen molar-refractivity contribution in [3.63, 3.8) is 0 Å². The lowest BCUT2D eigenvalue weighted by Crippen LogP contribution is -2.47. The quantitative estimate of drug-likeness (QED) is 0.751. The second kappa shape index (κ2) is 5.54. The average Bonchev–Trinajstić information content (AvgIpc) is 2.46. The second-order valence-electron chi connectivity index (χ2n) is 5.77. The molecular weight excluding hydrogens is 258 g/mol. The molecule has 1 aliphatic carbocycles. The Hall–Kier alpha value is -1.02. The number of fused-ring (bicyclic) bond motifs is 1. The number of aldehydes is 1. The first-order valence-corrected chi connectivity index (χ1v) is 7.69. The minimum Gasteiger partial charge on any atom is -0.368 e. The Morgan fingerprint density at radius 3 is 2.79 bits per heavy atom. The maximum Gasteiger partial charge on any atom is 0.152 e. The van der Waals surface area contributed by atoms with E-state index in [-0.39, 0.29) is 0 Å². The van der Waals surface area contributed by atoms with E-state index >= 15 is 0 Å². The Morgan fingerprint density at radius 1 is 1.16 bits per heavy atom. The van der Waals surface area contributed by atoms with Crippen LogP contribution in [0, 0.1) is 5.92 Å². The molecule has 0 unspecified atom stereocenters. The van der Waals surface area contributed by atoms with Crippen LogP contribution in [0.1, 0.15) is 48.9 Å². The van der Waals surface area contributed by atoms with Crippen molar-refractivity contribution < 1.29 is 4.79 Å². The fourth-order valence-corrected chi connectivity index (χ4v) is 3.99. The van der Waals surface area contributed by atoms with Gasteiger partial charge in [0.05, 0.1) is 0 Å². The number of anilines is 1. The molecule has 2 fully saturated rings. The molecule has 102 valence electrons. The first-order chi connectivity index (χ1) is 9.29. The van der Waals surface area contributed by atoms with Crippen LogP contribution in [0.2, 0.25) is 5.02 Å². The molecule has 0 N–H and O–H groups in total. The van der Waals surface area contributed by atoms with E-state index in [0.29, 0.717) is 11.1 Å². The van der Waals surface area contributed by atoms with E-state index in [1.807, 2.05) is 12.1 Å². The highest BCUT2D eigenvalue weighted by Crippen LogP contribution is 2.38. The van der Waals surface area contributed by atoms with Gasteiger partial charge >= 0.3 is 0 Å². The van der Waals surface area contributed by atoms with Gasteiger partial charge in [0, 0.05) is 28.9 Å². The Bertz CT molecular complexity index is 472. The van der Waals surface area contributed by atoms with Crippen LogP contribution in [-0.2, 0) is 0 Å². The SMILES string of the molecule is O=Cc1cc(Cl)ccc1N1CCC[C@H]2CCCC[C@H]21. The summed E-state index contributed by atoms with van der Waals surface area (Å²) in [6.07, 6.45) is 8.84. The van der Waals surface area contributed by atoms with E-state index in [4.69, 9.17) is 11.6 Å². The lowest BCUT2D eigenvalue weighted by molar-refractivity contribution is 0.112. The van der Waals surface area contributed by atoms with Gasteiger partial charge in [-0.2, -0.15) is 0 Å². The largest absolute Gasteiger partial charge is 0.368 e. The molecular formula is C16H20ClNO. The Kier molecular flexibility index (Phi) is 3.79. The number of benzene rings is 1. The van der Waals surface area contributed by atoms with E-state index in [1.54, 1.807) is 6.07 Å². The predicted octanol–water partition coefficient (Wildman–Crippen LogP) is 4.31. The fraction of sp³-hybridized carbons (Fsp3) is 0.562. The van der Waals surface area contributed by atoms with Crippen molar-refractivity contribution in [1.82, 2.24) is 0 Å². The van der Waals surface area contributed by atoms with Crippen molar-refractivity contribution in [2.75, 3.05) is 11.4 Å². The number of hydrogen-bond donors (Lipinski definition) is 0. The third-order valence-electron chi connectivity index (χ3n) is 4.67. The molecule has 0 radical (unpaired) electrons. The van der Waals surface area contributed by atoms with Crippen LogP contribution in [0.5, 0.6) is 0 Å². The molecule has 2 atom stereocenters. The molecule has 2 aliphatic rings. The summed E-state index contributed by atoms with van der Waals surface area (Å²) in [5.41, 5.74) is 1.81. The van der Waals surface area contributed by atoms with Crippen molar-refractivity contribution in [3.05, 3.63) is 28.8 Å². The third-order valence-corrected chi connectivity index (χ3v) is 4.90. The maximum atomic E-state index is 11.3. The van der Waals surface area contributed by atoms with Gasteiger partial charge in [0.1, 0.15) is 0 Å². The molecule has 3 rings (SSSR count). The molecule has 1 saturated heterocycles. The molecule has 0 amide bonds. The van der Waals surface area contributed by atoms with Crippen molar-refractivity contribution in [2.24, 2.45) is 5.92 Å². The molecule has 1 saturated carbocycles. The predicted molar refractivity (Wildman–Crippen MR) is 79.2 cm³/mol. The highest BCUT2D eigenvalue weighted by atomic mass is 35.5. The van der Waals surface area contributed by atoms with Crippen LogP contribution in [0.4, 0.5) is 5.69 Å². The molecule has 1 heterocycles. The van der Waals surface area contributed by atoms with Gasteiger partial charge in [-0.3, -0.25) is 4.79 Å². The molecule has 0 aromatic heterocycles. The van der Waals surface area contributed by atoms with Gasteiger partial charge in [-0.25, -0.2) is 0 Å². The summed E-state index contributed by atoms with van der Waals surface area (Å²) in [6, 6.07) is 6.33. The number of piperidine rings is 1. The van der Waals surface area contributed by atoms with E-state index in [2.05, 4.69) is 4.90 Å². The number of carbonyl (C=O) groups is 1. The van der Waals surface area contributed by atoms with E-state index < -0.39 is 0 Å². The molecule has 19 heavy (non-hydrogen) atoms. The first kappa shape index (κ1) is 13.0. The van der Waals surface area contributed by atoms with Gasteiger partial charge < -0.3 is 4.90 Å². The first-order valence-electron chi connectivity index (χ1n) is 7.31. The zero-order valence-corrected chi connectivity index (χ0v) is 11.9. The van der Waals surface area contributed by atoms with Crippen LogP contribution in [0.3, 0.4) is 0 Å². The normalized spacial score (nSPS) is 26.9. The zero-order valence-electron chi connectivity index (χ0n) is 11.1. The van der Waals surface area contributed by atoms with E-state index in [0.717, 1.165) is 30.0 Å². The van der Waals surface area contributed by atoms with Gasteiger partial charge in [-0.15, -0.1) is 0 Å². The summed E-state index contributed by atoms with van der Waals surface area (Å²) < 4.78 is 0. The van der Waals surface area contributed by atoms with Crippen LogP contribution in [-0.4, -0.2) is 18.9 Å². The molecule has 1 aliphatic heterocycles. The van der Waals surface area contributed by atoms with Crippen molar-refractivity contribution in [3.8, 4) is 0 Å². The standard InChI is InChI=1S/C16H20ClNO/c17-14-7-8-16(13(10-14)11-19)18-9-3-5-12-4-1-2-6-15(12)18/h7-8,10-12,15H,1-6,9H2/t12-,15-/m1/s1. The molecule has 1 aromatic rings. The zero-order chi connectivity index (χ0) is 13.2. The summed E-state index contributed by atoms with van der Waals surface area (Å²) in [5.74, 6) is 0.817. The number of halogens is 1. The molecule has 2 nitrogen and oxygen atoms in total. The third kappa shape index (κ3) is 2.51. The Labute approximate surface area is 119 Å². The summed E-state index contributed by atoms with van der Waals surface area (Å²) in [7, 11) is 0. The Morgan fingerprint density at radius 2 is 1.95 bits per heavy atom. The number of carbonyl (C=O) groups excluding carboxylic acids is 1. The van der Waals surface area contributed by atoms with E-state index in [9.17, 15) is 4.79 Å². The van der Waals surface area contributed by atoms with Crippen molar-refractivity contribution >= 4 is 23.6 Å². The summed E-state index contributed by atoms with van der Waals surface area (Å²) in [5, 5.41) is 0.642. The summed E-state index contributed by atoms with van der Waals surface area (Å²) in [6.45, 7) is 1.07. The summed E-state index contributed by atoms with van der Waals surface area (Å²) in [4.78, 5) is 13.8. The van der Waals surface area contributed by atoms with Gasteiger partial charge in [0.15, 0.2) is 6.29 Å². The second-order valence-corrected chi connectivity index (χ2v) is 6.20. The fourth-order valence-electron chi connectivity index (χ4n) is 3.81. The highest BCUT2D eigenvalue weighted by Gasteiger charge is 2.33. The lowest BCUT2D eigenvalue weighted by atomic mass is 9.78. The molecule has 0 bridgehead atoms. The Balaban J connectivity index is 1.93. The highest BCUT2D eigenvalue weighted by molar-refractivity contribution is 6.31. The maximum absolute atomic E-state index is 11.3. The van der Waals surface area contributed by atoms with Crippen molar-refractivity contribution in [2.45, 2.75) is 44.6 Å². The number of nitrogens with zero attached hydrogens (tertiary/aromatic N) is 1. The van der Waals surface area contributed by atoms with Crippen LogP contribution in [0.25, 0.3) is 0 Å². The average molecular weight is 278 g/mol.